The van der Waals surface area contributed by atoms with Gasteiger partial charge in [-0.15, -0.1) is 5.10 Å². The molecular formula is C19H21N5O2S. The lowest BCUT2D eigenvalue weighted by atomic mass is 10.1. The van der Waals surface area contributed by atoms with E-state index >= 15 is 0 Å². The molecule has 0 bridgehead atoms. The van der Waals surface area contributed by atoms with Gasteiger partial charge in [-0.25, -0.2) is 0 Å². The molecule has 8 heteroatoms. The first kappa shape index (κ1) is 18.9. The largest absolute Gasteiger partial charge is 0.494 e. The summed E-state index contributed by atoms with van der Waals surface area (Å²) < 4.78 is 7.02. The Morgan fingerprint density at radius 2 is 1.85 bits per heavy atom. The molecule has 1 amide bonds. The van der Waals surface area contributed by atoms with E-state index in [0.717, 1.165) is 23.5 Å². The standard InChI is InChI=1S/C19H21N5O2S/c1-3-14-5-9-16(10-6-14)24-19(21-22-23-24)27-13-18(25)20-15-7-11-17(12-8-15)26-4-2/h5-12H,3-4,13H2,1-2H3,(H,20,25). The number of aromatic nitrogens is 4. The Balaban J connectivity index is 1.58. The quantitative estimate of drug-likeness (QED) is 0.601. The van der Waals surface area contributed by atoms with Gasteiger partial charge in [0.1, 0.15) is 5.75 Å². The summed E-state index contributed by atoms with van der Waals surface area (Å²) >= 11 is 1.29. The van der Waals surface area contributed by atoms with E-state index in [1.807, 2.05) is 55.5 Å². The maximum absolute atomic E-state index is 12.2. The van der Waals surface area contributed by atoms with Gasteiger partial charge in [0, 0.05) is 5.69 Å². The molecule has 0 aliphatic heterocycles. The molecule has 0 saturated carbocycles. The Morgan fingerprint density at radius 3 is 2.52 bits per heavy atom. The topological polar surface area (TPSA) is 81.9 Å². The highest BCUT2D eigenvalue weighted by Crippen LogP contribution is 2.20. The van der Waals surface area contributed by atoms with Crippen LogP contribution in [0.2, 0.25) is 0 Å². The van der Waals surface area contributed by atoms with Crippen LogP contribution in [-0.4, -0.2) is 38.5 Å². The van der Waals surface area contributed by atoms with Gasteiger partial charge in [0.2, 0.25) is 11.1 Å². The zero-order chi connectivity index (χ0) is 19.1. The fourth-order valence-corrected chi connectivity index (χ4v) is 3.12. The zero-order valence-electron chi connectivity index (χ0n) is 15.3. The van der Waals surface area contributed by atoms with Gasteiger partial charge >= 0.3 is 0 Å². The number of rotatable bonds is 8. The smallest absolute Gasteiger partial charge is 0.234 e. The number of benzene rings is 2. The minimum Gasteiger partial charge on any atom is -0.494 e. The number of thioether (sulfide) groups is 1. The molecule has 27 heavy (non-hydrogen) atoms. The molecule has 3 rings (SSSR count). The highest BCUT2D eigenvalue weighted by atomic mass is 32.2. The molecular weight excluding hydrogens is 362 g/mol. The number of nitrogens with one attached hydrogen (secondary N) is 1. The molecule has 1 N–H and O–H groups in total. The first-order chi connectivity index (χ1) is 13.2. The molecule has 1 heterocycles. The molecule has 0 saturated heterocycles. The van der Waals surface area contributed by atoms with Gasteiger partial charge in [-0.1, -0.05) is 30.8 Å². The second kappa shape index (κ2) is 9.18. The van der Waals surface area contributed by atoms with Crippen LogP contribution in [0.5, 0.6) is 5.75 Å². The Hall–Kier alpha value is -2.87. The molecule has 0 aliphatic carbocycles. The summed E-state index contributed by atoms with van der Waals surface area (Å²) in [6.45, 7) is 4.65. The van der Waals surface area contributed by atoms with E-state index in [9.17, 15) is 4.79 Å². The van der Waals surface area contributed by atoms with Crippen LogP contribution in [-0.2, 0) is 11.2 Å². The Labute approximate surface area is 162 Å². The van der Waals surface area contributed by atoms with Crippen LogP contribution in [0, 0.1) is 0 Å². The van der Waals surface area contributed by atoms with Crippen LogP contribution >= 0.6 is 11.8 Å². The minimum atomic E-state index is -0.125. The molecule has 0 spiro atoms. The van der Waals surface area contributed by atoms with Crippen molar-refractivity contribution in [1.82, 2.24) is 20.2 Å². The third kappa shape index (κ3) is 5.07. The second-order valence-corrected chi connectivity index (χ2v) is 6.63. The predicted molar refractivity (Wildman–Crippen MR) is 105 cm³/mol. The van der Waals surface area contributed by atoms with Crippen molar-refractivity contribution in [2.75, 3.05) is 17.7 Å². The third-order valence-corrected chi connectivity index (χ3v) is 4.73. The third-order valence-electron chi connectivity index (χ3n) is 3.81. The second-order valence-electron chi connectivity index (χ2n) is 5.69. The molecule has 2 aromatic carbocycles. The number of carbonyl (C=O) groups is 1. The van der Waals surface area contributed by atoms with E-state index in [-0.39, 0.29) is 11.7 Å². The van der Waals surface area contributed by atoms with Crippen LogP contribution in [0.1, 0.15) is 19.4 Å². The lowest BCUT2D eigenvalue weighted by molar-refractivity contribution is -0.113. The van der Waals surface area contributed by atoms with Crippen molar-refractivity contribution in [3.63, 3.8) is 0 Å². The average molecular weight is 383 g/mol. The average Bonchev–Trinajstić information content (AvgIpc) is 3.17. The predicted octanol–water partition coefficient (Wildman–Crippen LogP) is 3.35. The summed E-state index contributed by atoms with van der Waals surface area (Å²) in [5.74, 6) is 0.860. The minimum absolute atomic E-state index is 0.125. The molecule has 1 aromatic heterocycles. The number of tetrazole rings is 1. The van der Waals surface area contributed by atoms with E-state index < -0.39 is 0 Å². The fourth-order valence-electron chi connectivity index (χ4n) is 2.43. The molecule has 0 atom stereocenters. The van der Waals surface area contributed by atoms with Crippen LogP contribution in [0.4, 0.5) is 5.69 Å². The number of carbonyl (C=O) groups excluding carboxylic acids is 1. The van der Waals surface area contributed by atoms with Crippen molar-refractivity contribution in [3.05, 3.63) is 54.1 Å². The number of ether oxygens (including phenoxy) is 1. The van der Waals surface area contributed by atoms with E-state index in [4.69, 9.17) is 4.74 Å². The van der Waals surface area contributed by atoms with E-state index in [2.05, 4.69) is 27.8 Å². The summed E-state index contributed by atoms with van der Waals surface area (Å²) in [4.78, 5) is 12.2. The Morgan fingerprint density at radius 1 is 1.11 bits per heavy atom. The van der Waals surface area contributed by atoms with Gasteiger partial charge in [-0.05, 0) is 65.7 Å². The molecule has 140 valence electrons. The molecule has 0 radical (unpaired) electrons. The highest BCUT2D eigenvalue weighted by molar-refractivity contribution is 7.99. The van der Waals surface area contributed by atoms with Crippen molar-refractivity contribution >= 4 is 23.4 Å². The number of hydrogen-bond acceptors (Lipinski definition) is 6. The van der Waals surface area contributed by atoms with Gasteiger partial charge < -0.3 is 10.1 Å². The molecule has 0 unspecified atom stereocenters. The van der Waals surface area contributed by atoms with Crippen molar-refractivity contribution in [2.24, 2.45) is 0 Å². The van der Waals surface area contributed by atoms with Crippen LogP contribution in [0.25, 0.3) is 5.69 Å². The number of hydrogen-bond donors (Lipinski definition) is 1. The fraction of sp³-hybridized carbons (Fsp3) is 0.263. The molecule has 3 aromatic rings. The first-order valence-electron chi connectivity index (χ1n) is 8.72. The molecule has 0 fully saturated rings. The van der Waals surface area contributed by atoms with Crippen molar-refractivity contribution in [1.29, 1.82) is 0 Å². The summed E-state index contributed by atoms with van der Waals surface area (Å²) in [6.07, 6.45) is 0.975. The normalized spacial score (nSPS) is 10.6. The number of aryl methyl sites for hydroxylation is 1. The van der Waals surface area contributed by atoms with E-state index in [1.165, 1.54) is 17.3 Å². The lowest BCUT2D eigenvalue weighted by Gasteiger charge is -2.07. The van der Waals surface area contributed by atoms with E-state index in [0.29, 0.717) is 11.8 Å². The SMILES string of the molecule is CCOc1ccc(NC(=O)CSc2nnnn2-c2ccc(CC)cc2)cc1. The molecule has 7 nitrogen and oxygen atoms in total. The van der Waals surface area contributed by atoms with Crippen LogP contribution < -0.4 is 10.1 Å². The van der Waals surface area contributed by atoms with Crippen LogP contribution in [0.15, 0.2) is 53.7 Å². The van der Waals surface area contributed by atoms with Gasteiger partial charge in [0.05, 0.1) is 18.0 Å². The summed E-state index contributed by atoms with van der Waals surface area (Å²) in [7, 11) is 0. The Bertz CT molecular complexity index is 878. The Kier molecular flexibility index (Phi) is 6.43. The van der Waals surface area contributed by atoms with Gasteiger partial charge in [0.25, 0.3) is 0 Å². The zero-order valence-corrected chi connectivity index (χ0v) is 16.1. The van der Waals surface area contributed by atoms with Crippen molar-refractivity contribution in [3.8, 4) is 11.4 Å². The van der Waals surface area contributed by atoms with Crippen molar-refractivity contribution < 1.29 is 9.53 Å². The number of anilines is 1. The van der Waals surface area contributed by atoms with Gasteiger partial charge in [-0.3, -0.25) is 4.79 Å². The maximum atomic E-state index is 12.2. The van der Waals surface area contributed by atoms with Crippen LogP contribution in [0.3, 0.4) is 0 Å². The molecule has 0 aliphatic rings. The van der Waals surface area contributed by atoms with Gasteiger partial charge in [0.15, 0.2) is 0 Å². The highest BCUT2D eigenvalue weighted by Gasteiger charge is 2.12. The summed E-state index contributed by atoms with van der Waals surface area (Å²) in [5.41, 5.74) is 2.83. The monoisotopic (exact) mass is 383 g/mol. The first-order valence-corrected chi connectivity index (χ1v) is 9.71. The van der Waals surface area contributed by atoms with Gasteiger partial charge in [-0.2, -0.15) is 4.68 Å². The van der Waals surface area contributed by atoms with E-state index in [1.54, 1.807) is 4.68 Å². The summed E-state index contributed by atoms with van der Waals surface area (Å²) in [6, 6.07) is 15.3. The maximum Gasteiger partial charge on any atom is 0.234 e. The number of nitrogens with zero attached hydrogens (tertiary/aromatic N) is 4. The summed E-state index contributed by atoms with van der Waals surface area (Å²) in [5, 5.41) is 15.2. The number of amides is 1. The lowest BCUT2D eigenvalue weighted by Crippen LogP contribution is -2.14. The van der Waals surface area contributed by atoms with Crippen molar-refractivity contribution in [2.45, 2.75) is 25.4 Å².